The maximum Gasteiger partial charge on any atom is 0.336 e. The Bertz CT molecular complexity index is 863. The van der Waals surface area contributed by atoms with Crippen LogP contribution in [0.1, 0.15) is 59.3 Å². The molecule has 0 radical (unpaired) electrons. The fourth-order valence-electron chi connectivity index (χ4n) is 3.79. The van der Waals surface area contributed by atoms with E-state index >= 15 is 0 Å². The summed E-state index contributed by atoms with van der Waals surface area (Å²) in [5.41, 5.74) is 4.35. The van der Waals surface area contributed by atoms with Gasteiger partial charge in [0.1, 0.15) is 5.75 Å². The molecule has 0 bridgehead atoms. The van der Waals surface area contributed by atoms with Gasteiger partial charge in [-0.25, -0.2) is 4.79 Å². The maximum absolute atomic E-state index is 11.7. The lowest BCUT2D eigenvalue weighted by Gasteiger charge is -2.37. The monoisotopic (exact) mass is 486 g/mol. The molecule has 0 fully saturated rings. The fourth-order valence-corrected chi connectivity index (χ4v) is 4.95. The largest absolute Gasteiger partial charge is 0.494 e. The van der Waals surface area contributed by atoms with Crippen LogP contribution in [0.3, 0.4) is 0 Å². The third-order valence-electron chi connectivity index (χ3n) is 6.89. The molecule has 5 nitrogen and oxygen atoms in total. The number of unbranched alkanes of at least 4 members (excludes halogenated alkanes) is 1. The van der Waals surface area contributed by atoms with Crippen molar-refractivity contribution in [3.05, 3.63) is 59.9 Å². The standard InChI is InChI=1S/C28H42O5Si/c1-28(2,3)34(4,5)33-26(27(30)31)18-11-7-10-17-24-22(19-20-25(24)29)14-12-13-21-32-23-15-8-6-9-16-23/h6-9,15-16,18-19,24-26,29H,10,12-14,17,20-21H2,1-5H3,(H,30,31)/t11?,24-,25?,26?/m1/s1. The second kappa shape index (κ2) is 13.1. The van der Waals surface area contributed by atoms with Crippen LogP contribution >= 0.6 is 0 Å². The molecule has 1 aromatic rings. The number of rotatable bonds is 13. The third kappa shape index (κ3) is 8.92. The predicted molar refractivity (Wildman–Crippen MR) is 140 cm³/mol. The van der Waals surface area contributed by atoms with E-state index in [9.17, 15) is 15.0 Å². The highest BCUT2D eigenvalue weighted by Crippen LogP contribution is 2.37. The van der Waals surface area contributed by atoms with E-state index in [1.807, 2.05) is 49.5 Å². The van der Waals surface area contributed by atoms with Gasteiger partial charge in [-0.2, -0.15) is 0 Å². The number of benzene rings is 1. The highest BCUT2D eigenvalue weighted by atomic mass is 28.4. The Morgan fingerprint density at radius 2 is 1.94 bits per heavy atom. The Kier molecular flexibility index (Phi) is 10.8. The van der Waals surface area contributed by atoms with E-state index in [0.717, 1.165) is 37.9 Å². The van der Waals surface area contributed by atoms with Crippen molar-refractivity contribution in [2.45, 2.75) is 89.6 Å². The number of ether oxygens (including phenoxy) is 1. The van der Waals surface area contributed by atoms with Crippen LogP contribution in [0.2, 0.25) is 18.1 Å². The second-order valence-electron chi connectivity index (χ2n) is 10.6. The lowest BCUT2D eigenvalue weighted by atomic mass is 9.91. The minimum atomic E-state index is -2.19. The van der Waals surface area contributed by atoms with Crippen LogP contribution in [-0.4, -0.2) is 43.3 Å². The van der Waals surface area contributed by atoms with Crippen LogP contribution in [0.4, 0.5) is 0 Å². The Balaban J connectivity index is 1.79. The first kappa shape index (κ1) is 28.1. The van der Waals surface area contributed by atoms with Gasteiger partial charge in [-0.05, 0) is 80.9 Å². The van der Waals surface area contributed by atoms with Crippen LogP contribution in [0.15, 0.2) is 59.9 Å². The van der Waals surface area contributed by atoms with Crippen molar-refractivity contribution in [2.75, 3.05) is 6.61 Å². The van der Waals surface area contributed by atoms with E-state index in [1.54, 1.807) is 0 Å². The van der Waals surface area contributed by atoms with Gasteiger partial charge in [0, 0.05) is 5.92 Å². The SMILES string of the molecule is CC(C)(C)[Si](C)(C)OC(C=C=CCC[C@@H]1C(CCCCOc2ccccc2)=CCC1O)C(=O)O. The summed E-state index contributed by atoms with van der Waals surface area (Å²) in [6.45, 7) is 11.1. The fraction of sp³-hybridized carbons (Fsp3) is 0.571. The molecular weight excluding hydrogens is 444 g/mol. The quantitative estimate of drug-likeness (QED) is 0.144. The molecule has 0 amide bonds. The summed E-state index contributed by atoms with van der Waals surface area (Å²) in [7, 11) is -2.19. The van der Waals surface area contributed by atoms with E-state index in [-0.39, 0.29) is 17.1 Å². The number of aliphatic hydroxyl groups is 1. The lowest BCUT2D eigenvalue weighted by Crippen LogP contribution is -2.45. The first-order chi connectivity index (χ1) is 16.0. The second-order valence-corrected chi connectivity index (χ2v) is 15.3. The molecular formula is C28H42O5Si. The van der Waals surface area contributed by atoms with Crippen LogP contribution in [0, 0.1) is 5.92 Å². The zero-order chi connectivity index (χ0) is 25.2. The molecule has 0 saturated carbocycles. The average Bonchev–Trinajstić information content (AvgIpc) is 3.11. The number of aliphatic carboxylic acids is 1. The van der Waals surface area contributed by atoms with Crippen molar-refractivity contribution < 1.29 is 24.2 Å². The molecule has 1 aromatic carbocycles. The van der Waals surface area contributed by atoms with Crippen molar-refractivity contribution in [3.8, 4) is 5.75 Å². The molecule has 2 unspecified atom stereocenters. The molecule has 0 aliphatic heterocycles. The summed E-state index contributed by atoms with van der Waals surface area (Å²) in [5.74, 6) is 0.0702. The molecule has 1 aliphatic rings. The first-order valence-corrected chi connectivity index (χ1v) is 15.3. The summed E-state index contributed by atoms with van der Waals surface area (Å²) < 4.78 is 11.8. The van der Waals surface area contributed by atoms with Gasteiger partial charge in [-0.1, -0.05) is 50.6 Å². The molecule has 0 aromatic heterocycles. The van der Waals surface area contributed by atoms with Gasteiger partial charge in [0.25, 0.3) is 0 Å². The van der Waals surface area contributed by atoms with E-state index in [0.29, 0.717) is 13.0 Å². The topological polar surface area (TPSA) is 76.0 Å². The molecule has 0 spiro atoms. The zero-order valence-electron chi connectivity index (χ0n) is 21.4. The van der Waals surface area contributed by atoms with Gasteiger partial charge < -0.3 is 19.4 Å². The van der Waals surface area contributed by atoms with E-state index in [2.05, 4.69) is 32.6 Å². The van der Waals surface area contributed by atoms with Crippen LogP contribution in [0.5, 0.6) is 5.75 Å². The van der Waals surface area contributed by atoms with Crippen molar-refractivity contribution in [2.24, 2.45) is 5.92 Å². The highest BCUT2D eigenvalue weighted by Gasteiger charge is 2.40. The van der Waals surface area contributed by atoms with Gasteiger partial charge in [0.15, 0.2) is 14.4 Å². The number of para-hydroxylation sites is 1. The molecule has 34 heavy (non-hydrogen) atoms. The maximum atomic E-state index is 11.7. The lowest BCUT2D eigenvalue weighted by molar-refractivity contribution is -0.143. The van der Waals surface area contributed by atoms with Gasteiger partial charge in [0.05, 0.1) is 12.7 Å². The van der Waals surface area contributed by atoms with Crippen molar-refractivity contribution >= 4 is 14.3 Å². The molecule has 3 atom stereocenters. The van der Waals surface area contributed by atoms with Gasteiger partial charge in [-0.15, -0.1) is 5.73 Å². The Hall–Kier alpha value is -2.11. The smallest absolute Gasteiger partial charge is 0.336 e. The molecule has 0 heterocycles. The van der Waals surface area contributed by atoms with Crippen molar-refractivity contribution in [1.29, 1.82) is 0 Å². The minimum absolute atomic E-state index is 0.0622. The number of hydrogen-bond acceptors (Lipinski definition) is 4. The van der Waals surface area contributed by atoms with Crippen LogP contribution < -0.4 is 4.74 Å². The first-order valence-electron chi connectivity index (χ1n) is 12.4. The van der Waals surface area contributed by atoms with Crippen LogP contribution in [0.25, 0.3) is 0 Å². The molecule has 6 heteroatoms. The van der Waals surface area contributed by atoms with E-state index < -0.39 is 20.4 Å². The number of carbonyl (C=O) groups is 1. The number of aliphatic hydroxyl groups excluding tert-OH is 1. The van der Waals surface area contributed by atoms with Crippen molar-refractivity contribution in [1.82, 2.24) is 0 Å². The predicted octanol–water partition coefficient (Wildman–Crippen LogP) is 6.51. The van der Waals surface area contributed by atoms with Crippen LogP contribution in [-0.2, 0) is 9.22 Å². The van der Waals surface area contributed by atoms with E-state index in [4.69, 9.17) is 9.16 Å². The Labute approximate surface area is 206 Å². The summed E-state index contributed by atoms with van der Waals surface area (Å²) >= 11 is 0. The number of carboxylic acids is 1. The number of hydrogen-bond donors (Lipinski definition) is 2. The highest BCUT2D eigenvalue weighted by molar-refractivity contribution is 6.74. The summed E-state index contributed by atoms with van der Waals surface area (Å²) in [5, 5.41) is 19.9. The Morgan fingerprint density at radius 1 is 1.24 bits per heavy atom. The Morgan fingerprint density at radius 3 is 2.59 bits per heavy atom. The zero-order valence-corrected chi connectivity index (χ0v) is 22.4. The van der Waals surface area contributed by atoms with Gasteiger partial charge in [-0.3, -0.25) is 0 Å². The van der Waals surface area contributed by atoms with Crippen molar-refractivity contribution in [3.63, 3.8) is 0 Å². The van der Waals surface area contributed by atoms with Gasteiger partial charge in [0.2, 0.25) is 0 Å². The summed E-state index contributed by atoms with van der Waals surface area (Å²) in [6.07, 6.45) is 9.49. The molecule has 2 N–H and O–H groups in total. The normalized spacial score (nSPS) is 19.2. The minimum Gasteiger partial charge on any atom is -0.494 e. The molecule has 2 rings (SSSR count). The van der Waals surface area contributed by atoms with E-state index in [1.165, 1.54) is 11.6 Å². The average molecular weight is 487 g/mol. The van der Waals surface area contributed by atoms with Gasteiger partial charge >= 0.3 is 5.97 Å². The molecule has 1 aliphatic carbocycles. The third-order valence-corrected chi connectivity index (χ3v) is 11.3. The molecule has 188 valence electrons. The summed E-state index contributed by atoms with van der Waals surface area (Å²) in [6, 6.07) is 9.84. The number of carboxylic acid groups (broad SMARTS) is 1. The molecule has 0 saturated heterocycles. The summed E-state index contributed by atoms with van der Waals surface area (Å²) in [4.78, 5) is 11.7.